The lowest BCUT2D eigenvalue weighted by molar-refractivity contribution is 0.478. The van der Waals surface area contributed by atoms with E-state index in [1.165, 1.54) is 0 Å². The summed E-state index contributed by atoms with van der Waals surface area (Å²) in [6.45, 7) is 3.75. The van der Waals surface area contributed by atoms with Crippen LogP contribution in [0.1, 0.15) is 5.69 Å². The van der Waals surface area contributed by atoms with Crippen LogP contribution in [-0.2, 0) is 0 Å². The SMILES string of the molecule is Cc1nc(NNC2NCCN2)nnc1-c1ccc(Cl)cc1. The number of anilines is 1. The second kappa shape index (κ2) is 6.31. The summed E-state index contributed by atoms with van der Waals surface area (Å²) in [6, 6.07) is 7.45. The van der Waals surface area contributed by atoms with Crippen LogP contribution in [-0.4, -0.2) is 34.6 Å². The molecule has 1 aromatic carbocycles. The van der Waals surface area contributed by atoms with Gasteiger partial charge in [0.15, 0.2) is 0 Å². The summed E-state index contributed by atoms with van der Waals surface area (Å²) in [6.07, 6.45) is 0.00449. The van der Waals surface area contributed by atoms with Gasteiger partial charge in [0.1, 0.15) is 12.0 Å². The number of aromatic nitrogens is 3. The Bertz CT molecular complexity index is 610. The van der Waals surface area contributed by atoms with Crippen LogP contribution in [0, 0.1) is 6.92 Å². The van der Waals surface area contributed by atoms with Crippen LogP contribution in [0.4, 0.5) is 5.95 Å². The minimum Gasteiger partial charge on any atom is -0.287 e. The molecule has 1 fully saturated rings. The number of rotatable bonds is 4. The van der Waals surface area contributed by atoms with Crippen molar-refractivity contribution in [1.29, 1.82) is 0 Å². The zero-order chi connectivity index (χ0) is 14.7. The molecule has 7 nitrogen and oxygen atoms in total. The lowest BCUT2D eigenvalue weighted by atomic mass is 10.1. The van der Waals surface area contributed by atoms with Crippen molar-refractivity contribution in [2.75, 3.05) is 18.5 Å². The number of nitrogens with zero attached hydrogens (tertiary/aromatic N) is 3. The summed E-state index contributed by atoms with van der Waals surface area (Å²) in [4.78, 5) is 4.40. The van der Waals surface area contributed by atoms with Crippen LogP contribution in [0.2, 0.25) is 5.02 Å². The number of hydrogen-bond acceptors (Lipinski definition) is 7. The molecule has 0 amide bonds. The van der Waals surface area contributed by atoms with E-state index in [2.05, 4.69) is 36.7 Å². The number of nitrogens with one attached hydrogen (secondary N) is 4. The fourth-order valence-corrected chi connectivity index (χ4v) is 2.20. The summed E-state index contributed by atoms with van der Waals surface area (Å²) in [5.41, 5.74) is 8.45. The van der Waals surface area contributed by atoms with Gasteiger partial charge in [-0.15, -0.1) is 10.2 Å². The van der Waals surface area contributed by atoms with Crippen molar-refractivity contribution >= 4 is 17.5 Å². The van der Waals surface area contributed by atoms with E-state index < -0.39 is 0 Å². The first-order valence-electron chi connectivity index (χ1n) is 6.68. The molecule has 1 aliphatic rings. The summed E-state index contributed by atoms with van der Waals surface area (Å²) < 4.78 is 0. The Morgan fingerprint density at radius 3 is 2.52 bits per heavy atom. The van der Waals surface area contributed by atoms with Crippen LogP contribution in [0.15, 0.2) is 24.3 Å². The first kappa shape index (κ1) is 14.2. The molecule has 110 valence electrons. The van der Waals surface area contributed by atoms with Crippen LogP contribution in [0.5, 0.6) is 0 Å². The maximum atomic E-state index is 5.89. The van der Waals surface area contributed by atoms with Crippen LogP contribution in [0.3, 0.4) is 0 Å². The highest BCUT2D eigenvalue weighted by molar-refractivity contribution is 6.30. The van der Waals surface area contributed by atoms with E-state index in [4.69, 9.17) is 11.6 Å². The smallest absolute Gasteiger partial charge is 0.257 e. The summed E-state index contributed by atoms with van der Waals surface area (Å²) in [7, 11) is 0. The van der Waals surface area contributed by atoms with Crippen molar-refractivity contribution in [3.05, 3.63) is 35.0 Å². The average molecular weight is 306 g/mol. The van der Waals surface area contributed by atoms with E-state index in [-0.39, 0.29) is 6.29 Å². The molecule has 1 saturated heterocycles. The Labute approximate surface area is 127 Å². The van der Waals surface area contributed by atoms with E-state index >= 15 is 0 Å². The molecular formula is C13H16ClN7. The highest BCUT2D eigenvalue weighted by Gasteiger charge is 2.13. The van der Waals surface area contributed by atoms with Crippen LogP contribution < -0.4 is 21.5 Å². The number of halogens is 1. The fraction of sp³-hybridized carbons (Fsp3) is 0.308. The molecule has 8 heteroatoms. The Balaban J connectivity index is 1.71. The van der Waals surface area contributed by atoms with E-state index in [1.807, 2.05) is 31.2 Å². The van der Waals surface area contributed by atoms with Crippen molar-refractivity contribution < 1.29 is 0 Å². The summed E-state index contributed by atoms with van der Waals surface area (Å²) in [5, 5.41) is 15.4. The number of benzene rings is 1. The van der Waals surface area contributed by atoms with Crippen molar-refractivity contribution in [2.45, 2.75) is 13.2 Å². The number of hydrogen-bond donors (Lipinski definition) is 4. The van der Waals surface area contributed by atoms with E-state index in [1.54, 1.807) is 0 Å². The summed E-state index contributed by atoms with van der Waals surface area (Å²) in [5.74, 6) is 0.431. The van der Waals surface area contributed by atoms with Crippen LogP contribution in [0.25, 0.3) is 11.3 Å². The lowest BCUT2D eigenvalue weighted by Crippen LogP contribution is -2.48. The largest absolute Gasteiger partial charge is 0.287 e. The zero-order valence-corrected chi connectivity index (χ0v) is 12.3. The van der Waals surface area contributed by atoms with Gasteiger partial charge in [-0.05, 0) is 19.1 Å². The van der Waals surface area contributed by atoms with Gasteiger partial charge in [-0.1, -0.05) is 23.7 Å². The first-order valence-corrected chi connectivity index (χ1v) is 7.06. The second-order valence-corrected chi connectivity index (χ2v) is 5.12. The first-order chi connectivity index (χ1) is 10.2. The number of hydrazine groups is 1. The van der Waals surface area contributed by atoms with Gasteiger partial charge < -0.3 is 0 Å². The predicted molar refractivity (Wildman–Crippen MR) is 81.6 cm³/mol. The second-order valence-electron chi connectivity index (χ2n) is 4.69. The van der Waals surface area contributed by atoms with Crippen molar-refractivity contribution in [2.24, 2.45) is 0 Å². The maximum absolute atomic E-state index is 5.89. The molecule has 0 atom stereocenters. The topological polar surface area (TPSA) is 86.8 Å². The third kappa shape index (κ3) is 3.45. The normalized spacial score (nSPS) is 15.3. The molecular weight excluding hydrogens is 290 g/mol. The van der Waals surface area contributed by atoms with E-state index in [9.17, 15) is 0 Å². The van der Waals surface area contributed by atoms with Gasteiger partial charge in [0.05, 0.1) is 5.69 Å². The van der Waals surface area contributed by atoms with Gasteiger partial charge in [0, 0.05) is 23.7 Å². The predicted octanol–water partition coefficient (Wildman–Crippen LogP) is 0.893. The van der Waals surface area contributed by atoms with E-state index in [0.717, 1.165) is 30.0 Å². The Kier molecular flexibility index (Phi) is 4.26. The molecule has 0 bridgehead atoms. The molecule has 0 unspecified atom stereocenters. The molecule has 1 aromatic heterocycles. The van der Waals surface area contributed by atoms with Crippen molar-refractivity contribution in [3.63, 3.8) is 0 Å². The van der Waals surface area contributed by atoms with Gasteiger partial charge in [-0.2, -0.15) is 0 Å². The average Bonchev–Trinajstić information content (AvgIpc) is 3.00. The summed E-state index contributed by atoms with van der Waals surface area (Å²) >= 11 is 5.89. The Morgan fingerprint density at radius 2 is 1.86 bits per heavy atom. The highest BCUT2D eigenvalue weighted by atomic mass is 35.5. The molecule has 1 aliphatic heterocycles. The quantitative estimate of drug-likeness (QED) is 0.624. The minimum absolute atomic E-state index is 0.00449. The minimum atomic E-state index is 0.00449. The maximum Gasteiger partial charge on any atom is 0.257 e. The Hall–Kier alpha value is -1.80. The molecule has 21 heavy (non-hydrogen) atoms. The highest BCUT2D eigenvalue weighted by Crippen LogP contribution is 2.21. The fourth-order valence-electron chi connectivity index (χ4n) is 2.08. The lowest BCUT2D eigenvalue weighted by Gasteiger charge is -2.14. The standard InChI is InChI=1S/C13H16ClN7/c1-8-11(9-2-4-10(14)5-3-9)18-20-13(17-8)21-19-12-15-6-7-16-12/h2-5,12,15-16,19H,6-7H2,1H3,(H,17,20,21). The molecule has 0 radical (unpaired) electrons. The molecule has 0 spiro atoms. The molecule has 0 aliphatic carbocycles. The molecule has 4 N–H and O–H groups in total. The third-order valence-corrected chi connectivity index (χ3v) is 3.38. The molecule has 3 rings (SSSR count). The van der Waals surface area contributed by atoms with Gasteiger partial charge >= 0.3 is 0 Å². The van der Waals surface area contributed by atoms with E-state index in [0.29, 0.717) is 11.0 Å². The Morgan fingerprint density at radius 1 is 1.14 bits per heavy atom. The monoisotopic (exact) mass is 305 g/mol. The van der Waals surface area contributed by atoms with Crippen LogP contribution >= 0.6 is 11.6 Å². The zero-order valence-electron chi connectivity index (χ0n) is 11.5. The third-order valence-electron chi connectivity index (χ3n) is 3.13. The van der Waals surface area contributed by atoms with Gasteiger partial charge in [0.2, 0.25) is 0 Å². The van der Waals surface area contributed by atoms with Gasteiger partial charge in [-0.3, -0.25) is 16.1 Å². The van der Waals surface area contributed by atoms with Gasteiger partial charge in [-0.25, -0.2) is 10.4 Å². The van der Waals surface area contributed by atoms with Gasteiger partial charge in [0.25, 0.3) is 5.95 Å². The van der Waals surface area contributed by atoms with Crippen molar-refractivity contribution in [1.82, 2.24) is 31.2 Å². The number of aryl methyl sites for hydroxylation is 1. The molecule has 2 aromatic rings. The molecule has 2 heterocycles. The van der Waals surface area contributed by atoms with Crippen molar-refractivity contribution in [3.8, 4) is 11.3 Å². The molecule has 0 saturated carbocycles.